The van der Waals surface area contributed by atoms with E-state index in [4.69, 9.17) is 0 Å². The Balaban J connectivity index is 1.99. The predicted octanol–water partition coefficient (Wildman–Crippen LogP) is 2.32. The molecule has 0 saturated heterocycles. The summed E-state index contributed by atoms with van der Waals surface area (Å²) < 4.78 is 2.39. The van der Waals surface area contributed by atoms with Gasteiger partial charge in [0.25, 0.3) is 0 Å². The fraction of sp³-hybridized carbons (Fsp3) is 0.769. The van der Waals surface area contributed by atoms with Gasteiger partial charge in [-0.25, -0.2) is 4.98 Å². The Bertz CT molecular complexity index is 330. The van der Waals surface area contributed by atoms with Gasteiger partial charge in [0.15, 0.2) is 0 Å². The largest absolute Gasteiger partial charge is 0.331 e. The van der Waals surface area contributed by atoms with Gasteiger partial charge in [0.05, 0.1) is 12.0 Å². The number of nitrogens with zero attached hydrogens (tertiary/aromatic N) is 2. The highest BCUT2D eigenvalue weighted by atomic mass is 15.1. The summed E-state index contributed by atoms with van der Waals surface area (Å²) in [6.45, 7) is 6.62. The second-order valence-electron chi connectivity index (χ2n) is 4.74. The topological polar surface area (TPSA) is 29.9 Å². The van der Waals surface area contributed by atoms with E-state index < -0.39 is 0 Å². The van der Waals surface area contributed by atoms with Gasteiger partial charge < -0.3 is 9.88 Å². The number of hydrogen-bond donors (Lipinski definition) is 1. The van der Waals surface area contributed by atoms with Crippen molar-refractivity contribution in [2.24, 2.45) is 0 Å². The van der Waals surface area contributed by atoms with Gasteiger partial charge in [-0.05, 0) is 52.1 Å². The molecule has 3 nitrogen and oxygen atoms in total. The molecule has 2 rings (SSSR count). The number of hydrogen-bond acceptors (Lipinski definition) is 2. The van der Waals surface area contributed by atoms with Gasteiger partial charge in [-0.3, -0.25) is 0 Å². The van der Waals surface area contributed by atoms with Gasteiger partial charge in [0.1, 0.15) is 0 Å². The first kappa shape index (κ1) is 11.6. The summed E-state index contributed by atoms with van der Waals surface area (Å²) in [4.78, 5) is 4.55. The summed E-state index contributed by atoms with van der Waals surface area (Å²) >= 11 is 0. The van der Waals surface area contributed by atoms with E-state index in [2.05, 4.69) is 28.7 Å². The van der Waals surface area contributed by atoms with Crippen molar-refractivity contribution in [3.05, 3.63) is 17.7 Å². The molecule has 0 aliphatic heterocycles. The lowest BCUT2D eigenvalue weighted by atomic mass is 10.0. The Morgan fingerprint density at radius 1 is 1.44 bits per heavy atom. The number of fused-ring (bicyclic) bond motifs is 1. The third-order valence-electron chi connectivity index (χ3n) is 3.52. The van der Waals surface area contributed by atoms with Crippen LogP contribution in [-0.4, -0.2) is 22.6 Å². The average molecular weight is 221 g/mol. The van der Waals surface area contributed by atoms with Crippen LogP contribution in [-0.2, 0) is 12.8 Å². The van der Waals surface area contributed by atoms with E-state index in [0.717, 1.165) is 13.1 Å². The van der Waals surface area contributed by atoms with Crippen molar-refractivity contribution in [3.8, 4) is 0 Å². The maximum Gasteiger partial charge on any atom is 0.0954 e. The minimum atomic E-state index is 0.577. The Morgan fingerprint density at radius 3 is 3.06 bits per heavy atom. The van der Waals surface area contributed by atoms with Crippen LogP contribution in [0.3, 0.4) is 0 Å². The van der Waals surface area contributed by atoms with Crippen molar-refractivity contribution in [3.63, 3.8) is 0 Å². The number of nitrogens with one attached hydrogen (secondary N) is 1. The molecule has 0 aromatic carbocycles. The lowest BCUT2D eigenvalue weighted by Crippen LogP contribution is -2.19. The van der Waals surface area contributed by atoms with Crippen molar-refractivity contribution < 1.29 is 0 Å². The van der Waals surface area contributed by atoms with E-state index in [1.807, 2.05) is 6.33 Å². The Morgan fingerprint density at radius 2 is 2.25 bits per heavy atom. The zero-order chi connectivity index (χ0) is 11.4. The van der Waals surface area contributed by atoms with Crippen LogP contribution in [0.2, 0.25) is 0 Å². The first-order valence-electron chi connectivity index (χ1n) is 6.58. The summed E-state index contributed by atoms with van der Waals surface area (Å²) in [7, 11) is 0. The molecule has 0 spiro atoms. The van der Waals surface area contributed by atoms with E-state index in [1.165, 1.54) is 43.5 Å². The summed E-state index contributed by atoms with van der Waals surface area (Å²) in [5, 5.41) is 3.39. The van der Waals surface area contributed by atoms with Gasteiger partial charge in [-0.2, -0.15) is 0 Å². The summed E-state index contributed by atoms with van der Waals surface area (Å²) in [5.41, 5.74) is 2.84. The van der Waals surface area contributed by atoms with Gasteiger partial charge >= 0.3 is 0 Å². The predicted molar refractivity (Wildman–Crippen MR) is 66.7 cm³/mol. The molecule has 1 aromatic heterocycles. The van der Waals surface area contributed by atoms with E-state index in [0.29, 0.717) is 6.04 Å². The molecular formula is C13H23N3. The number of aromatic nitrogens is 2. The van der Waals surface area contributed by atoms with E-state index in [-0.39, 0.29) is 0 Å². The van der Waals surface area contributed by atoms with Crippen LogP contribution in [0.25, 0.3) is 0 Å². The number of aryl methyl sites for hydroxylation is 1. The Labute approximate surface area is 98.3 Å². The fourth-order valence-corrected chi connectivity index (χ4v) is 2.50. The van der Waals surface area contributed by atoms with Crippen LogP contribution < -0.4 is 5.32 Å². The van der Waals surface area contributed by atoms with Crippen LogP contribution in [0.15, 0.2) is 6.33 Å². The minimum Gasteiger partial charge on any atom is -0.331 e. The molecule has 0 fully saturated rings. The molecule has 1 atom stereocenters. The van der Waals surface area contributed by atoms with E-state index in [1.54, 1.807) is 0 Å². The monoisotopic (exact) mass is 221 g/mol. The van der Waals surface area contributed by atoms with Crippen LogP contribution >= 0.6 is 0 Å². The fourth-order valence-electron chi connectivity index (χ4n) is 2.50. The quantitative estimate of drug-likeness (QED) is 0.773. The highest BCUT2D eigenvalue weighted by Crippen LogP contribution is 2.23. The lowest BCUT2D eigenvalue weighted by molar-refractivity contribution is 0.466. The standard InChI is InChI=1S/C13H23N3/c1-3-14-9-8-11(2)16-10-15-12-6-4-5-7-13(12)16/h10-11,14H,3-9H2,1-2H3. The first-order valence-corrected chi connectivity index (χ1v) is 6.58. The van der Waals surface area contributed by atoms with Gasteiger partial charge in [-0.15, -0.1) is 0 Å². The zero-order valence-electron chi connectivity index (χ0n) is 10.5. The summed E-state index contributed by atoms with van der Waals surface area (Å²) in [5.74, 6) is 0. The molecule has 1 aliphatic carbocycles. The molecule has 16 heavy (non-hydrogen) atoms. The van der Waals surface area contributed by atoms with E-state index in [9.17, 15) is 0 Å². The highest BCUT2D eigenvalue weighted by molar-refractivity contribution is 5.17. The summed E-state index contributed by atoms with van der Waals surface area (Å²) in [6.07, 6.45) is 8.29. The normalized spacial score (nSPS) is 17.1. The third kappa shape index (κ3) is 2.46. The van der Waals surface area contributed by atoms with Crippen molar-refractivity contribution in [2.75, 3.05) is 13.1 Å². The van der Waals surface area contributed by atoms with Crippen molar-refractivity contribution >= 4 is 0 Å². The van der Waals surface area contributed by atoms with Crippen molar-refractivity contribution in [1.82, 2.24) is 14.9 Å². The van der Waals surface area contributed by atoms with Gasteiger partial charge in [0, 0.05) is 11.7 Å². The lowest BCUT2D eigenvalue weighted by Gasteiger charge is -2.19. The van der Waals surface area contributed by atoms with Crippen LogP contribution in [0, 0.1) is 0 Å². The van der Waals surface area contributed by atoms with Gasteiger partial charge in [0.2, 0.25) is 0 Å². The minimum absolute atomic E-state index is 0.577. The van der Waals surface area contributed by atoms with Crippen molar-refractivity contribution in [2.45, 2.75) is 52.0 Å². The smallest absolute Gasteiger partial charge is 0.0954 e. The van der Waals surface area contributed by atoms with Crippen molar-refractivity contribution in [1.29, 1.82) is 0 Å². The zero-order valence-corrected chi connectivity index (χ0v) is 10.5. The molecule has 1 heterocycles. The molecule has 90 valence electrons. The average Bonchev–Trinajstić information content (AvgIpc) is 2.73. The second kappa shape index (κ2) is 5.48. The maximum absolute atomic E-state index is 4.55. The van der Waals surface area contributed by atoms with Gasteiger partial charge in [-0.1, -0.05) is 6.92 Å². The molecule has 1 aliphatic rings. The molecular weight excluding hydrogens is 198 g/mol. The Kier molecular flexibility index (Phi) is 3.99. The SMILES string of the molecule is CCNCCC(C)n1cnc2c1CCCC2. The van der Waals surface area contributed by atoms with Crippen LogP contribution in [0.4, 0.5) is 0 Å². The number of rotatable bonds is 5. The molecule has 0 radical (unpaired) electrons. The molecule has 0 bridgehead atoms. The highest BCUT2D eigenvalue weighted by Gasteiger charge is 2.17. The second-order valence-corrected chi connectivity index (χ2v) is 4.74. The molecule has 3 heteroatoms. The Hall–Kier alpha value is -0.830. The van der Waals surface area contributed by atoms with Crippen LogP contribution in [0.5, 0.6) is 0 Å². The molecule has 0 amide bonds. The summed E-state index contributed by atoms with van der Waals surface area (Å²) in [6, 6.07) is 0.577. The molecule has 0 saturated carbocycles. The van der Waals surface area contributed by atoms with E-state index >= 15 is 0 Å². The first-order chi connectivity index (χ1) is 7.83. The van der Waals surface area contributed by atoms with Crippen LogP contribution in [0.1, 0.15) is 50.5 Å². The molecule has 1 unspecified atom stereocenters. The molecule has 1 aromatic rings. The third-order valence-corrected chi connectivity index (χ3v) is 3.52. The number of imidazole rings is 1. The maximum atomic E-state index is 4.55. The molecule has 1 N–H and O–H groups in total.